The Labute approximate surface area is 202 Å². The number of fused-ring (bicyclic) bond motifs is 3. The number of imidazole rings is 1. The van der Waals surface area contributed by atoms with Gasteiger partial charge in [-0.05, 0) is 73.8 Å². The second-order valence-electron chi connectivity index (χ2n) is 9.98. The number of H-pyrrole nitrogens is 1. The van der Waals surface area contributed by atoms with E-state index in [1.807, 2.05) is 22.8 Å². The third-order valence-corrected chi connectivity index (χ3v) is 7.58. The molecule has 2 aliphatic rings. The normalized spacial score (nSPS) is 20.4. The Balaban J connectivity index is 1.45. The number of hydrogen-bond acceptors (Lipinski definition) is 5. The minimum atomic E-state index is -0.266. The first-order valence-corrected chi connectivity index (χ1v) is 12.1. The number of benzene rings is 1. The van der Waals surface area contributed by atoms with E-state index in [0.29, 0.717) is 11.8 Å². The van der Waals surface area contributed by atoms with Crippen LogP contribution in [0.15, 0.2) is 54.9 Å². The minimum absolute atomic E-state index is 0.266. The van der Waals surface area contributed by atoms with E-state index in [9.17, 15) is 4.39 Å². The van der Waals surface area contributed by atoms with Gasteiger partial charge >= 0.3 is 0 Å². The molecule has 2 atom stereocenters. The maximum Gasteiger partial charge on any atom is 0.158 e. The SMILES string of the molecule is Cc1cc(N2C[C@H]3CN(C)C[C@H]3C2)nn2c(-c3ccnc4[nH]ccc34)c(-c3ccc(F)cc3)nc12. The van der Waals surface area contributed by atoms with Crippen LogP contribution in [0.1, 0.15) is 5.56 Å². The van der Waals surface area contributed by atoms with E-state index in [1.54, 1.807) is 18.3 Å². The highest BCUT2D eigenvalue weighted by Crippen LogP contribution is 2.38. The predicted molar refractivity (Wildman–Crippen MR) is 135 cm³/mol. The Hall–Kier alpha value is -3.78. The van der Waals surface area contributed by atoms with Gasteiger partial charge in [0, 0.05) is 55.1 Å². The monoisotopic (exact) mass is 467 g/mol. The lowest BCUT2D eigenvalue weighted by molar-refractivity contribution is 0.386. The molecule has 1 aromatic carbocycles. The second kappa shape index (κ2) is 7.61. The zero-order valence-corrected chi connectivity index (χ0v) is 19.7. The van der Waals surface area contributed by atoms with Crippen molar-refractivity contribution in [2.45, 2.75) is 6.92 Å². The Morgan fingerprint density at radius 1 is 1.00 bits per heavy atom. The average molecular weight is 468 g/mol. The molecule has 35 heavy (non-hydrogen) atoms. The highest BCUT2D eigenvalue weighted by Gasteiger charge is 2.39. The lowest BCUT2D eigenvalue weighted by atomic mass is 10.0. The molecule has 2 aliphatic heterocycles. The van der Waals surface area contributed by atoms with Crippen LogP contribution in [-0.2, 0) is 0 Å². The van der Waals surface area contributed by atoms with Crippen LogP contribution in [0.2, 0.25) is 0 Å². The summed E-state index contributed by atoms with van der Waals surface area (Å²) in [5, 5.41) is 6.16. The molecule has 0 unspecified atom stereocenters. The van der Waals surface area contributed by atoms with Crippen molar-refractivity contribution in [2.75, 3.05) is 38.1 Å². The van der Waals surface area contributed by atoms with E-state index < -0.39 is 0 Å². The summed E-state index contributed by atoms with van der Waals surface area (Å²) in [6.45, 7) is 6.44. The van der Waals surface area contributed by atoms with Crippen molar-refractivity contribution in [3.8, 4) is 22.5 Å². The van der Waals surface area contributed by atoms with E-state index in [1.165, 1.54) is 12.1 Å². The molecule has 2 saturated heterocycles. The van der Waals surface area contributed by atoms with E-state index in [4.69, 9.17) is 10.1 Å². The molecule has 0 aliphatic carbocycles. The van der Waals surface area contributed by atoms with Gasteiger partial charge in [0.15, 0.2) is 5.65 Å². The number of anilines is 1. The van der Waals surface area contributed by atoms with Crippen molar-refractivity contribution in [3.05, 3.63) is 66.2 Å². The average Bonchev–Trinajstić information content (AvgIpc) is 3.61. The predicted octanol–water partition coefficient (Wildman–Crippen LogP) is 4.38. The standard InChI is InChI=1S/C27H26FN7/c1-16-11-23(34-14-18-12-33(2)13-19(18)15-34)32-35-25(21-7-9-29-26-22(21)8-10-30-26)24(31-27(16)35)17-3-5-20(28)6-4-17/h3-11,18-19H,12-15H2,1-2H3,(H,29,30)/t18-,19+. The van der Waals surface area contributed by atoms with Crippen LogP contribution in [0, 0.1) is 24.6 Å². The van der Waals surface area contributed by atoms with Crippen molar-refractivity contribution in [2.24, 2.45) is 11.8 Å². The maximum absolute atomic E-state index is 13.7. The van der Waals surface area contributed by atoms with Gasteiger partial charge in [-0.3, -0.25) is 0 Å². The summed E-state index contributed by atoms with van der Waals surface area (Å²) in [7, 11) is 2.21. The number of rotatable bonds is 3. The molecule has 0 radical (unpaired) electrons. The van der Waals surface area contributed by atoms with Gasteiger partial charge in [0.1, 0.15) is 23.0 Å². The van der Waals surface area contributed by atoms with Crippen LogP contribution in [0.4, 0.5) is 10.2 Å². The van der Waals surface area contributed by atoms with Gasteiger partial charge in [0.25, 0.3) is 0 Å². The summed E-state index contributed by atoms with van der Waals surface area (Å²) in [5.74, 6) is 2.09. The van der Waals surface area contributed by atoms with Gasteiger partial charge < -0.3 is 14.8 Å². The lowest BCUT2D eigenvalue weighted by Gasteiger charge is -2.21. The summed E-state index contributed by atoms with van der Waals surface area (Å²) in [5.41, 5.74) is 6.21. The molecule has 0 saturated carbocycles. The summed E-state index contributed by atoms with van der Waals surface area (Å²) < 4.78 is 15.7. The molecule has 176 valence electrons. The van der Waals surface area contributed by atoms with Crippen molar-refractivity contribution in [3.63, 3.8) is 0 Å². The fourth-order valence-corrected chi connectivity index (χ4v) is 5.94. The van der Waals surface area contributed by atoms with Crippen LogP contribution in [-0.4, -0.2) is 62.7 Å². The maximum atomic E-state index is 13.7. The lowest BCUT2D eigenvalue weighted by Crippen LogP contribution is -2.27. The number of halogens is 1. The molecule has 6 heterocycles. The first-order chi connectivity index (χ1) is 17.0. The molecule has 2 fully saturated rings. The van der Waals surface area contributed by atoms with E-state index >= 15 is 0 Å². The van der Waals surface area contributed by atoms with E-state index in [2.05, 4.69) is 39.8 Å². The number of hydrogen-bond donors (Lipinski definition) is 1. The molecule has 4 aromatic heterocycles. The molecular formula is C27H26FN7. The van der Waals surface area contributed by atoms with Crippen LogP contribution >= 0.6 is 0 Å². The second-order valence-corrected chi connectivity index (χ2v) is 9.98. The first kappa shape index (κ1) is 20.6. The molecule has 0 spiro atoms. The molecule has 1 N–H and O–H groups in total. The van der Waals surface area contributed by atoms with Crippen molar-refractivity contribution in [1.82, 2.24) is 29.5 Å². The fraction of sp³-hybridized carbons (Fsp3) is 0.296. The third-order valence-electron chi connectivity index (χ3n) is 7.58. The van der Waals surface area contributed by atoms with E-state index in [0.717, 1.165) is 76.8 Å². The first-order valence-electron chi connectivity index (χ1n) is 12.1. The van der Waals surface area contributed by atoms with Crippen LogP contribution < -0.4 is 4.90 Å². The molecule has 5 aromatic rings. The Morgan fingerprint density at radius 2 is 1.77 bits per heavy atom. The number of pyridine rings is 1. The molecule has 0 bridgehead atoms. The van der Waals surface area contributed by atoms with Gasteiger partial charge in [-0.2, -0.15) is 0 Å². The van der Waals surface area contributed by atoms with Gasteiger partial charge in [-0.25, -0.2) is 18.9 Å². The number of likely N-dealkylation sites (tertiary alicyclic amines) is 1. The molecular weight excluding hydrogens is 441 g/mol. The smallest absolute Gasteiger partial charge is 0.158 e. The van der Waals surface area contributed by atoms with Gasteiger partial charge in [-0.1, -0.05) is 0 Å². The minimum Gasteiger partial charge on any atom is -0.354 e. The Morgan fingerprint density at radius 3 is 2.54 bits per heavy atom. The summed E-state index contributed by atoms with van der Waals surface area (Å²) in [6.07, 6.45) is 3.70. The Bertz CT molecular complexity index is 1550. The molecule has 7 rings (SSSR count). The summed E-state index contributed by atoms with van der Waals surface area (Å²) >= 11 is 0. The third kappa shape index (κ3) is 3.24. The topological polar surface area (TPSA) is 65.3 Å². The van der Waals surface area contributed by atoms with Crippen molar-refractivity contribution in [1.29, 1.82) is 0 Å². The quantitative estimate of drug-likeness (QED) is 0.427. The number of aromatic nitrogens is 5. The van der Waals surface area contributed by atoms with Gasteiger partial charge in [0.05, 0.1) is 5.69 Å². The molecule has 0 amide bonds. The number of nitrogens with one attached hydrogen (secondary N) is 1. The number of nitrogens with zero attached hydrogens (tertiary/aromatic N) is 6. The summed E-state index contributed by atoms with van der Waals surface area (Å²) in [4.78, 5) is 17.6. The van der Waals surface area contributed by atoms with Crippen LogP contribution in [0.5, 0.6) is 0 Å². The van der Waals surface area contributed by atoms with Crippen molar-refractivity contribution < 1.29 is 4.39 Å². The Kier molecular flexibility index (Phi) is 4.48. The van der Waals surface area contributed by atoms with E-state index in [-0.39, 0.29) is 5.82 Å². The van der Waals surface area contributed by atoms with Gasteiger partial charge in [0.2, 0.25) is 0 Å². The number of aryl methyl sites for hydroxylation is 1. The molecule has 7 nitrogen and oxygen atoms in total. The molecule has 8 heteroatoms. The zero-order valence-electron chi connectivity index (χ0n) is 19.7. The fourth-order valence-electron chi connectivity index (χ4n) is 5.94. The number of aromatic amines is 1. The van der Waals surface area contributed by atoms with Gasteiger partial charge in [-0.15, -0.1) is 5.10 Å². The van der Waals surface area contributed by atoms with Crippen LogP contribution in [0.3, 0.4) is 0 Å². The largest absolute Gasteiger partial charge is 0.354 e. The highest BCUT2D eigenvalue weighted by molar-refractivity contribution is 5.97. The zero-order chi connectivity index (χ0) is 23.7. The van der Waals surface area contributed by atoms with Crippen LogP contribution in [0.25, 0.3) is 39.2 Å². The van der Waals surface area contributed by atoms with Crippen molar-refractivity contribution >= 4 is 22.5 Å². The summed E-state index contributed by atoms with van der Waals surface area (Å²) in [6, 6.07) is 12.7. The highest BCUT2D eigenvalue weighted by atomic mass is 19.1.